The number of rotatable bonds is 22. The molecule has 75 heavy (non-hydrogen) atoms. The molecule has 0 saturated carbocycles. The second kappa shape index (κ2) is 36.0. The molecule has 3 rings (SSSR count). The largest absolute Gasteiger partial charge is 0.481 e. The maximum Gasteiger partial charge on any atom is 0.481 e. The van der Waals surface area contributed by atoms with Crippen molar-refractivity contribution in [1.29, 1.82) is 0 Å². The fraction of sp³-hybridized carbons (Fsp3) is 0.635. The Bertz CT molecular complexity index is 2210. The van der Waals surface area contributed by atoms with Crippen molar-refractivity contribution in [3.63, 3.8) is 0 Å². The molecule has 8 N–H and O–H groups in total. The molecule has 0 radical (unpaired) electrons. The summed E-state index contributed by atoms with van der Waals surface area (Å²) in [5.74, 6) is -5.28. The minimum atomic E-state index is -5.74. The van der Waals surface area contributed by atoms with Crippen molar-refractivity contribution in [2.75, 3.05) is 25.6 Å². The molecule has 422 valence electrons. The SMILES string of the molecule is CC/C=C\C/C=C\C/C=C\C/C=C\CCCCCCC(=O)O[C@@H]1COC(=O)CCC/C=C\C[C@@H]2[C@H](n3ccc(N)nc3=O)O[C@H](COP(=O)(O)OP(=O)(O)OC1)[C@@H](O)[C@@H](O)[C@@H](/C=C/[C@@H](O)CCCCC)C(=O)C[C@@H]2O. The number of esters is 2. The second-order valence-corrected chi connectivity index (χ2v) is 21.5. The van der Waals surface area contributed by atoms with Gasteiger partial charge < -0.3 is 50.2 Å². The molecule has 2 aliphatic heterocycles. The Morgan fingerprint density at radius 1 is 0.867 bits per heavy atom. The summed E-state index contributed by atoms with van der Waals surface area (Å²) >= 11 is 0. The number of ketones is 1. The van der Waals surface area contributed by atoms with E-state index in [-0.39, 0.29) is 37.9 Å². The van der Waals surface area contributed by atoms with Gasteiger partial charge in [0.1, 0.15) is 36.6 Å². The van der Waals surface area contributed by atoms with Crippen molar-refractivity contribution in [3.05, 3.63) is 95.7 Å². The molecule has 0 amide bonds. The number of nitrogens with zero attached hydrogens (tertiary/aromatic N) is 2. The summed E-state index contributed by atoms with van der Waals surface area (Å²) in [6.45, 7) is 1.28. The Balaban J connectivity index is 1.78. The number of nitrogens with two attached hydrogens (primary N) is 1. The summed E-state index contributed by atoms with van der Waals surface area (Å²) in [7, 11) is -11.3. The number of phosphoric ester groups is 2. The lowest BCUT2D eigenvalue weighted by molar-refractivity contribution is -0.186. The third kappa shape index (κ3) is 26.6. The molecule has 2 bridgehead atoms. The Labute approximate surface area is 440 Å². The van der Waals surface area contributed by atoms with Crippen LogP contribution in [0, 0.1) is 11.8 Å². The number of ether oxygens (including phenoxy) is 3. The molecule has 11 atom stereocenters. The van der Waals surface area contributed by atoms with Gasteiger partial charge in [-0.05, 0) is 76.7 Å². The molecule has 0 aromatic carbocycles. The Morgan fingerprint density at radius 2 is 1.53 bits per heavy atom. The number of phosphoric acid groups is 2. The van der Waals surface area contributed by atoms with E-state index < -0.39 is 120 Å². The highest BCUT2D eigenvalue weighted by atomic mass is 31.3. The van der Waals surface area contributed by atoms with Crippen LogP contribution in [0.25, 0.3) is 0 Å². The van der Waals surface area contributed by atoms with E-state index in [0.717, 1.165) is 68.6 Å². The fourth-order valence-electron chi connectivity index (χ4n) is 8.00. The molecule has 1 fully saturated rings. The smallest absolute Gasteiger partial charge is 0.462 e. The van der Waals surface area contributed by atoms with Crippen LogP contribution in [0.2, 0.25) is 0 Å². The van der Waals surface area contributed by atoms with Gasteiger partial charge >= 0.3 is 33.3 Å². The number of nitrogen functional groups attached to an aromatic ring is 1. The first kappa shape index (κ1) is 65.1. The Hall–Kier alpha value is -4.21. The first-order valence-corrected chi connectivity index (χ1v) is 29.0. The highest BCUT2D eigenvalue weighted by Gasteiger charge is 2.45. The molecule has 21 nitrogen and oxygen atoms in total. The van der Waals surface area contributed by atoms with Crippen LogP contribution in [-0.4, -0.2) is 114 Å². The van der Waals surface area contributed by atoms with Gasteiger partial charge in [0.05, 0.1) is 37.4 Å². The summed E-state index contributed by atoms with van der Waals surface area (Å²) in [6.07, 6.45) is 21.5. The van der Waals surface area contributed by atoms with Crippen LogP contribution in [0.1, 0.15) is 142 Å². The van der Waals surface area contributed by atoms with Gasteiger partial charge in [-0.15, -0.1) is 0 Å². The summed E-state index contributed by atoms with van der Waals surface area (Å²) < 4.78 is 58.9. The average Bonchev–Trinajstić information content (AvgIpc) is 3.35. The topological polar surface area (TPSA) is 323 Å². The zero-order chi connectivity index (χ0) is 55.1. The number of aliphatic hydroxyl groups is 4. The maximum atomic E-state index is 14.0. The van der Waals surface area contributed by atoms with Gasteiger partial charge in [0.2, 0.25) is 0 Å². The van der Waals surface area contributed by atoms with E-state index in [0.29, 0.717) is 25.7 Å². The maximum absolute atomic E-state index is 14.0. The van der Waals surface area contributed by atoms with Gasteiger partial charge in [0.15, 0.2) is 6.10 Å². The lowest BCUT2D eigenvalue weighted by Crippen LogP contribution is -2.51. The van der Waals surface area contributed by atoms with E-state index in [9.17, 15) is 58.5 Å². The number of cyclic esters (lactones) is 1. The van der Waals surface area contributed by atoms with E-state index in [2.05, 4.69) is 64.8 Å². The number of hydrogen-bond acceptors (Lipinski definition) is 18. The number of carbonyl (C=O) groups excluding carboxylic acids is 3. The molecule has 1 saturated heterocycles. The predicted molar refractivity (Wildman–Crippen MR) is 280 cm³/mol. The van der Waals surface area contributed by atoms with Crippen LogP contribution < -0.4 is 11.4 Å². The standard InChI is InChI=1S/C52H81N3O18P2/c1-3-5-7-8-9-10-11-12-13-14-15-16-17-18-19-20-26-30-48(60)71-40-36-68-47(59)29-25-22-21-24-28-42-44(58)35-43(57)41(32-31-39(56)27-23-6-4-2)49(61)50(62)45(38-70-75(66,67)73-74(64,65)69-37-40)72-51(42)55-34-33-46(53)54-52(55)63/h5,7,9-10,12-13,15-16,21,24,31-34,39-42,44-45,49-51,56,58,61-62H,3-4,6,8,11,14,17-20,22-23,25-30,35-38H2,1-2H3,(H,64,65)(H,66,67)(H2,53,54,63)/b7-5-,10-9-,13-12-,16-15-,24-21-,32-31+/t39-,40+,41-,42-,44-,45+,49-,50+,51+/m0/s1. The van der Waals surface area contributed by atoms with Crippen LogP contribution in [0.5, 0.6) is 0 Å². The molecular weight excluding hydrogens is 1020 g/mol. The van der Waals surface area contributed by atoms with Crippen molar-refractivity contribution in [2.24, 2.45) is 11.8 Å². The van der Waals surface area contributed by atoms with Crippen molar-refractivity contribution in [2.45, 2.75) is 179 Å². The minimum Gasteiger partial charge on any atom is -0.462 e. The third-order valence-electron chi connectivity index (χ3n) is 12.1. The van der Waals surface area contributed by atoms with Gasteiger partial charge in [0.25, 0.3) is 0 Å². The molecule has 0 spiro atoms. The number of fused-ring (bicyclic) bond motifs is 3. The predicted octanol–water partition coefficient (Wildman–Crippen LogP) is 7.48. The second-order valence-electron chi connectivity index (χ2n) is 18.4. The number of aliphatic hydroxyl groups excluding tert-OH is 4. The van der Waals surface area contributed by atoms with Gasteiger partial charge in [0, 0.05) is 31.4 Å². The quantitative estimate of drug-likeness (QED) is 0.0256. The normalized spacial score (nSPS) is 29.5. The first-order chi connectivity index (χ1) is 35.9. The van der Waals surface area contributed by atoms with E-state index >= 15 is 0 Å². The Kier molecular flexibility index (Phi) is 31.2. The monoisotopic (exact) mass is 1100 g/mol. The number of Topliss-reactive ketones (excluding diaryl/α,β-unsaturated/α-hetero) is 1. The van der Waals surface area contributed by atoms with Crippen molar-refractivity contribution < 1.29 is 81.3 Å². The molecule has 23 heteroatoms. The number of carbonyl (C=O) groups is 3. The van der Waals surface area contributed by atoms with E-state index in [1.807, 2.05) is 6.92 Å². The number of hydrogen-bond donors (Lipinski definition) is 7. The molecule has 3 heterocycles. The lowest BCUT2D eigenvalue weighted by Gasteiger charge is -2.39. The molecule has 2 aliphatic rings. The van der Waals surface area contributed by atoms with E-state index in [1.165, 1.54) is 18.2 Å². The fourth-order valence-corrected chi connectivity index (χ4v) is 10.1. The van der Waals surface area contributed by atoms with E-state index in [4.69, 9.17) is 29.0 Å². The highest BCUT2D eigenvalue weighted by molar-refractivity contribution is 7.61. The highest BCUT2D eigenvalue weighted by Crippen LogP contribution is 2.60. The number of anilines is 1. The van der Waals surface area contributed by atoms with Crippen molar-refractivity contribution in [3.8, 4) is 0 Å². The van der Waals surface area contributed by atoms with Gasteiger partial charge in [-0.2, -0.15) is 9.29 Å². The van der Waals surface area contributed by atoms with Crippen molar-refractivity contribution in [1.82, 2.24) is 9.55 Å². The first-order valence-electron chi connectivity index (χ1n) is 26.1. The Morgan fingerprint density at radius 3 is 2.21 bits per heavy atom. The molecule has 1 aromatic heterocycles. The number of allylic oxidation sites excluding steroid dienone is 10. The van der Waals surface area contributed by atoms with Crippen LogP contribution in [0.4, 0.5) is 5.82 Å². The minimum absolute atomic E-state index is 0.0358. The van der Waals surface area contributed by atoms with Crippen molar-refractivity contribution >= 4 is 39.2 Å². The summed E-state index contributed by atoms with van der Waals surface area (Å²) in [5.41, 5.74) is 4.74. The molecule has 1 aromatic rings. The van der Waals surface area contributed by atoms with Crippen LogP contribution in [0.15, 0.2) is 90.0 Å². The van der Waals surface area contributed by atoms with Crippen LogP contribution in [0.3, 0.4) is 0 Å². The summed E-state index contributed by atoms with van der Waals surface area (Å²) in [5, 5.41) is 45.7. The summed E-state index contributed by atoms with van der Waals surface area (Å²) in [4.78, 5) is 78.2. The zero-order valence-corrected chi connectivity index (χ0v) is 45.1. The number of aromatic nitrogens is 2. The molecule has 0 aliphatic carbocycles. The zero-order valence-electron chi connectivity index (χ0n) is 43.3. The average molecular weight is 1100 g/mol. The van der Waals surface area contributed by atoms with E-state index in [1.54, 1.807) is 12.2 Å². The van der Waals surface area contributed by atoms with Gasteiger partial charge in [-0.1, -0.05) is 119 Å². The van der Waals surface area contributed by atoms with Crippen LogP contribution in [-0.2, 0) is 51.1 Å². The van der Waals surface area contributed by atoms with Gasteiger partial charge in [-0.25, -0.2) is 13.9 Å². The van der Waals surface area contributed by atoms with Crippen LogP contribution >= 0.6 is 15.6 Å². The molecule has 2 unspecified atom stereocenters. The third-order valence-corrected chi connectivity index (χ3v) is 14.7. The summed E-state index contributed by atoms with van der Waals surface area (Å²) in [6, 6.07) is 1.22. The molecular formula is C52H81N3O18P2. The lowest BCUT2D eigenvalue weighted by atomic mass is 9.83. The van der Waals surface area contributed by atoms with Gasteiger partial charge in [-0.3, -0.25) is 28.0 Å². The number of unbranched alkanes of at least 4 members (excludes halogenated alkanes) is 6.